The van der Waals surface area contributed by atoms with Crippen molar-refractivity contribution in [1.29, 1.82) is 15.8 Å². The molecular formula is C30H20N4O. The highest BCUT2D eigenvalue weighted by Gasteiger charge is 2.12. The number of benzene rings is 4. The minimum Gasteiger partial charge on any atom is -0.497 e. The molecule has 0 bridgehead atoms. The number of nitrogens with zero attached hydrogens (tertiary/aromatic N) is 4. The zero-order valence-corrected chi connectivity index (χ0v) is 19.0. The molecule has 0 heterocycles. The molecule has 0 aliphatic carbocycles. The van der Waals surface area contributed by atoms with Gasteiger partial charge in [-0.1, -0.05) is 42.5 Å². The van der Waals surface area contributed by atoms with E-state index in [9.17, 15) is 10.5 Å². The zero-order valence-electron chi connectivity index (χ0n) is 19.0. The van der Waals surface area contributed by atoms with Crippen LogP contribution in [0.1, 0.15) is 27.8 Å². The van der Waals surface area contributed by atoms with Crippen molar-refractivity contribution in [3.63, 3.8) is 0 Å². The van der Waals surface area contributed by atoms with Crippen molar-refractivity contribution in [2.75, 3.05) is 12.0 Å². The normalized spacial score (nSPS) is 10.2. The predicted octanol–water partition coefficient (Wildman–Crippen LogP) is 6.95. The van der Waals surface area contributed by atoms with Crippen LogP contribution in [0.25, 0.3) is 12.2 Å². The Balaban J connectivity index is 1.68. The summed E-state index contributed by atoms with van der Waals surface area (Å²) in [5.41, 5.74) is 5.29. The van der Waals surface area contributed by atoms with Crippen LogP contribution in [-0.2, 0) is 0 Å². The SMILES string of the molecule is COc1ccc(N(c2ccccc2)c2ccc(C=Cc3c(C#N)cc(C#N)cc3C#N)cc2)cc1. The lowest BCUT2D eigenvalue weighted by atomic mass is 9.98. The molecule has 0 N–H and O–H groups in total. The molecule has 0 aliphatic heterocycles. The van der Waals surface area contributed by atoms with Crippen molar-refractivity contribution in [2.45, 2.75) is 0 Å². The summed E-state index contributed by atoms with van der Waals surface area (Å²) in [5, 5.41) is 28.1. The van der Waals surface area contributed by atoms with Crippen LogP contribution in [0.2, 0.25) is 0 Å². The Morgan fingerprint density at radius 1 is 0.657 bits per heavy atom. The van der Waals surface area contributed by atoms with Crippen LogP contribution in [0, 0.1) is 34.0 Å². The van der Waals surface area contributed by atoms with Gasteiger partial charge in [0.05, 0.1) is 42.0 Å². The Kier molecular flexibility index (Phi) is 6.89. The first-order valence-corrected chi connectivity index (χ1v) is 10.8. The standard InChI is InChI=1S/C30H20N4O/c1-35-29-14-12-28(13-15-29)34(26-5-3-2-4-6-26)27-10-7-22(8-11-27)9-16-30-24(20-32)17-23(19-31)18-25(30)21-33/h2-18H,1H3. The van der Waals surface area contributed by atoms with E-state index in [1.165, 1.54) is 12.1 Å². The van der Waals surface area contributed by atoms with Crippen LogP contribution < -0.4 is 9.64 Å². The first-order valence-electron chi connectivity index (χ1n) is 10.8. The smallest absolute Gasteiger partial charge is 0.119 e. The molecule has 0 aromatic heterocycles. The molecule has 0 aliphatic rings. The lowest BCUT2D eigenvalue weighted by molar-refractivity contribution is 0.415. The Hall–Kier alpha value is -5.31. The Morgan fingerprint density at radius 3 is 1.71 bits per heavy atom. The van der Waals surface area contributed by atoms with Crippen molar-refractivity contribution in [3.05, 3.63) is 119 Å². The molecule has 0 atom stereocenters. The number of hydrogen-bond donors (Lipinski definition) is 0. The van der Waals surface area contributed by atoms with Crippen LogP contribution in [0.15, 0.2) is 91.0 Å². The third kappa shape index (κ3) is 5.04. The lowest BCUT2D eigenvalue weighted by Gasteiger charge is -2.25. The summed E-state index contributed by atoms with van der Waals surface area (Å²) in [4.78, 5) is 2.15. The molecule has 0 radical (unpaired) electrons. The molecule has 5 nitrogen and oxygen atoms in total. The van der Waals surface area contributed by atoms with Gasteiger partial charge in [0.2, 0.25) is 0 Å². The van der Waals surface area contributed by atoms with Gasteiger partial charge >= 0.3 is 0 Å². The summed E-state index contributed by atoms with van der Waals surface area (Å²) < 4.78 is 5.30. The third-order valence-electron chi connectivity index (χ3n) is 5.49. The number of para-hydroxylation sites is 1. The Morgan fingerprint density at radius 2 is 1.20 bits per heavy atom. The van der Waals surface area contributed by atoms with E-state index in [4.69, 9.17) is 10.00 Å². The van der Waals surface area contributed by atoms with E-state index in [1.807, 2.05) is 78.9 Å². The number of ether oxygens (including phenoxy) is 1. The van der Waals surface area contributed by atoms with Gasteiger partial charge in [-0.3, -0.25) is 0 Å². The van der Waals surface area contributed by atoms with Gasteiger partial charge in [0.25, 0.3) is 0 Å². The van der Waals surface area contributed by atoms with Crippen LogP contribution in [0.3, 0.4) is 0 Å². The molecule has 0 spiro atoms. The second-order valence-electron chi connectivity index (χ2n) is 7.61. The summed E-state index contributed by atoms with van der Waals surface area (Å²) in [6, 6.07) is 35.1. The van der Waals surface area contributed by atoms with E-state index in [2.05, 4.69) is 29.2 Å². The van der Waals surface area contributed by atoms with E-state index >= 15 is 0 Å². The number of nitriles is 3. The van der Waals surface area contributed by atoms with Gasteiger partial charge in [0.15, 0.2) is 0 Å². The molecule has 35 heavy (non-hydrogen) atoms. The minimum atomic E-state index is 0.291. The topological polar surface area (TPSA) is 83.8 Å². The fourth-order valence-corrected chi connectivity index (χ4v) is 3.75. The fourth-order valence-electron chi connectivity index (χ4n) is 3.75. The molecule has 0 unspecified atom stereocenters. The average Bonchev–Trinajstić information content (AvgIpc) is 2.93. The van der Waals surface area contributed by atoms with Crippen molar-refractivity contribution < 1.29 is 4.74 Å². The first-order chi connectivity index (χ1) is 17.2. The minimum absolute atomic E-state index is 0.291. The Labute approximate surface area is 204 Å². The highest BCUT2D eigenvalue weighted by molar-refractivity contribution is 5.80. The molecule has 4 aromatic carbocycles. The van der Waals surface area contributed by atoms with Gasteiger partial charge in [0, 0.05) is 22.6 Å². The second kappa shape index (κ2) is 10.5. The number of methoxy groups -OCH3 is 1. The van der Waals surface area contributed by atoms with Crippen molar-refractivity contribution in [3.8, 4) is 24.0 Å². The van der Waals surface area contributed by atoms with E-state index in [-0.39, 0.29) is 0 Å². The number of hydrogen-bond acceptors (Lipinski definition) is 5. The fraction of sp³-hybridized carbons (Fsp3) is 0.0333. The molecule has 166 valence electrons. The summed E-state index contributed by atoms with van der Waals surface area (Å²) in [6.07, 6.45) is 3.60. The average molecular weight is 453 g/mol. The van der Waals surface area contributed by atoms with Crippen molar-refractivity contribution in [2.24, 2.45) is 0 Å². The molecule has 0 fully saturated rings. The quantitative estimate of drug-likeness (QED) is 0.296. The van der Waals surface area contributed by atoms with Gasteiger partial charge in [-0.25, -0.2) is 0 Å². The summed E-state index contributed by atoms with van der Waals surface area (Å²) in [6.45, 7) is 0. The highest BCUT2D eigenvalue weighted by Crippen LogP contribution is 2.35. The lowest BCUT2D eigenvalue weighted by Crippen LogP contribution is -2.09. The maximum atomic E-state index is 9.49. The molecule has 0 saturated heterocycles. The monoisotopic (exact) mass is 452 g/mol. The molecule has 4 rings (SSSR count). The molecule has 0 saturated carbocycles. The van der Waals surface area contributed by atoms with Crippen LogP contribution in [0.5, 0.6) is 5.75 Å². The largest absolute Gasteiger partial charge is 0.497 e. The van der Waals surface area contributed by atoms with Gasteiger partial charge in [-0.05, 0) is 66.2 Å². The van der Waals surface area contributed by atoms with E-state index in [1.54, 1.807) is 13.2 Å². The van der Waals surface area contributed by atoms with E-state index in [0.717, 1.165) is 28.4 Å². The second-order valence-corrected chi connectivity index (χ2v) is 7.61. The third-order valence-corrected chi connectivity index (χ3v) is 5.49. The predicted molar refractivity (Wildman–Crippen MR) is 137 cm³/mol. The Bertz CT molecular complexity index is 1450. The molecule has 5 heteroatoms. The maximum Gasteiger partial charge on any atom is 0.119 e. The maximum absolute atomic E-state index is 9.49. The zero-order chi connectivity index (χ0) is 24.6. The first kappa shape index (κ1) is 22.9. The highest BCUT2D eigenvalue weighted by atomic mass is 16.5. The van der Waals surface area contributed by atoms with Gasteiger partial charge < -0.3 is 9.64 Å². The molecular weight excluding hydrogens is 432 g/mol. The number of anilines is 3. The van der Waals surface area contributed by atoms with Crippen LogP contribution >= 0.6 is 0 Å². The summed E-state index contributed by atoms with van der Waals surface area (Å²) in [5.74, 6) is 0.790. The summed E-state index contributed by atoms with van der Waals surface area (Å²) in [7, 11) is 1.65. The van der Waals surface area contributed by atoms with Gasteiger partial charge in [-0.2, -0.15) is 15.8 Å². The van der Waals surface area contributed by atoms with E-state index < -0.39 is 0 Å². The van der Waals surface area contributed by atoms with Gasteiger partial charge in [0.1, 0.15) is 5.75 Å². The van der Waals surface area contributed by atoms with Crippen LogP contribution in [-0.4, -0.2) is 7.11 Å². The molecule has 0 amide bonds. The van der Waals surface area contributed by atoms with Gasteiger partial charge in [-0.15, -0.1) is 0 Å². The number of rotatable bonds is 6. The van der Waals surface area contributed by atoms with Crippen LogP contribution in [0.4, 0.5) is 17.1 Å². The van der Waals surface area contributed by atoms with E-state index in [0.29, 0.717) is 22.3 Å². The summed E-state index contributed by atoms with van der Waals surface area (Å²) >= 11 is 0. The molecule has 4 aromatic rings. The van der Waals surface area contributed by atoms with Crippen molar-refractivity contribution in [1.82, 2.24) is 0 Å². The van der Waals surface area contributed by atoms with Crippen molar-refractivity contribution >= 4 is 29.2 Å².